The molecule has 1 heterocycles. The van der Waals surface area contributed by atoms with E-state index in [1.54, 1.807) is 12.1 Å². The summed E-state index contributed by atoms with van der Waals surface area (Å²) in [5.74, 6) is -1.19. The lowest BCUT2D eigenvalue weighted by Crippen LogP contribution is -2.31. The van der Waals surface area contributed by atoms with E-state index in [9.17, 15) is 26.0 Å². The summed E-state index contributed by atoms with van der Waals surface area (Å²) < 4.78 is 80.4. The molecule has 0 radical (unpaired) electrons. The minimum Gasteiger partial charge on any atom is -0.378 e. The van der Waals surface area contributed by atoms with Gasteiger partial charge in [-0.25, -0.2) is 12.8 Å². The van der Waals surface area contributed by atoms with Crippen LogP contribution in [0, 0.1) is 5.82 Å². The normalized spacial score (nSPS) is 18.4. The molecule has 152 valence electrons. The van der Waals surface area contributed by atoms with Crippen molar-refractivity contribution in [3.63, 3.8) is 0 Å². The van der Waals surface area contributed by atoms with Gasteiger partial charge in [-0.1, -0.05) is 12.1 Å². The summed E-state index contributed by atoms with van der Waals surface area (Å²) in [7, 11) is -0.743. The number of sulfonamides is 1. The highest BCUT2D eigenvalue weighted by molar-refractivity contribution is 7.89. The van der Waals surface area contributed by atoms with Gasteiger partial charge in [-0.15, -0.1) is 0 Å². The molecule has 0 N–H and O–H groups in total. The van der Waals surface area contributed by atoms with Crippen LogP contribution >= 0.6 is 0 Å². The maximum Gasteiger partial charge on any atom is 0.416 e. The summed E-state index contributed by atoms with van der Waals surface area (Å²) in [5.41, 5.74) is 0.393. The van der Waals surface area contributed by atoms with E-state index in [4.69, 9.17) is 0 Å². The Morgan fingerprint density at radius 1 is 1.11 bits per heavy atom. The third-order valence-electron chi connectivity index (χ3n) is 4.82. The first-order valence-corrected chi connectivity index (χ1v) is 10.1. The van der Waals surface area contributed by atoms with Gasteiger partial charge in [0.25, 0.3) is 0 Å². The van der Waals surface area contributed by atoms with Gasteiger partial charge in [0, 0.05) is 26.3 Å². The van der Waals surface area contributed by atoms with Crippen LogP contribution in [0.3, 0.4) is 0 Å². The van der Waals surface area contributed by atoms with Crippen LogP contribution in [0.25, 0.3) is 0 Å². The Bertz CT molecular complexity index is 974. The van der Waals surface area contributed by atoms with E-state index < -0.39 is 38.5 Å². The summed E-state index contributed by atoms with van der Waals surface area (Å²) in [6.45, 7) is 0.120. The highest BCUT2D eigenvalue weighted by atomic mass is 32.2. The molecule has 2 aromatic carbocycles. The monoisotopic (exact) mass is 416 g/mol. The zero-order valence-corrected chi connectivity index (χ0v) is 16.2. The molecule has 1 unspecified atom stereocenters. The fourth-order valence-corrected chi connectivity index (χ4v) is 5.15. The third kappa shape index (κ3) is 3.86. The first-order valence-electron chi connectivity index (χ1n) is 8.67. The van der Waals surface area contributed by atoms with Gasteiger partial charge < -0.3 is 4.90 Å². The maximum atomic E-state index is 14.2. The van der Waals surface area contributed by atoms with Gasteiger partial charge in [-0.3, -0.25) is 0 Å². The highest BCUT2D eigenvalue weighted by Gasteiger charge is 2.39. The summed E-state index contributed by atoms with van der Waals surface area (Å²) in [6.07, 6.45) is -3.71. The van der Waals surface area contributed by atoms with Crippen LogP contribution in [0.4, 0.5) is 23.2 Å². The maximum absolute atomic E-state index is 14.2. The summed E-state index contributed by atoms with van der Waals surface area (Å²) in [5, 5.41) is 0. The Hall–Kier alpha value is -2.13. The summed E-state index contributed by atoms with van der Waals surface area (Å²) in [4.78, 5) is 0.919. The lowest BCUT2D eigenvalue weighted by molar-refractivity contribution is -0.137. The van der Waals surface area contributed by atoms with E-state index in [0.29, 0.717) is 31.0 Å². The predicted molar refractivity (Wildman–Crippen MR) is 98.0 cm³/mol. The van der Waals surface area contributed by atoms with E-state index in [1.807, 2.05) is 31.1 Å². The molecule has 0 bridgehead atoms. The average molecular weight is 416 g/mol. The number of halogens is 4. The van der Waals surface area contributed by atoms with Crippen molar-refractivity contribution in [3.8, 4) is 0 Å². The van der Waals surface area contributed by atoms with Crippen LogP contribution in [0.1, 0.15) is 30.0 Å². The van der Waals surface area contributed by atoms with E-state index in [-0.39, 0.29) is 6.54 Å². The standard InChI is InChI=1S/C19H20F4N2O2S/c1-24(2)15-6-3-5-13(11-15)17-7-4-10-25(17)28(26,27)18-12-14(19(21,22)23)8-9-16(18)20/h3,5-6,8-9,11-12,17H,4,7,10H2,1-2H3. The number of hydrogen-bond acceptors (Lipinski definition) is 3. The van der Waals surface area contributed by atoms with Crippen LogP contribution in [0.15, 0.2) is 47.4 Å². The van der Waals surface area contributed by atoms with Gasteiger partial charge in [0.1, 0.15) is 10.7 Å². The van der Waals surface area contributed by atoms with E-state index in [2.05, 4.69) is 0 Å². The number of rotatable bonds is 4. The second-order valence-corrected chi connectivity index (χ2v) is 8.77. The molecule has 1 aliphatic rings. The first kappa shape index (κ1) is 20.6. The van der Waals surface area contributed by atoms with Crippen LogP contribution in [-0.4, -0.2) is 33.4 Å². The minimum absolute atomic E-state index is 0.120. The molecule has 1 saturated heterocycles. The lowest BCUT2D eigenvalue weighted by Gasteiger charge is -2.26. The molecule has 28 heavy (non-hydrogen) atoms. The SMILES string of the molecule is CN(C)c1cccc(C2CCCN2S(=O)(=O)c2cc(C(F)(F)F)ccc2F)c1. The predicted octanol–water partition coefficient (Wildman–Crippen LogP) is 4.44. The number of anilines is 1. The van der Waals surface area contributed by atoms with Crippen molar-refractivity contribution in [1.29, 1.82) is 0 Å². The fourth-order valence-electron chi connectivity index (χ4n) is 3.37. The number of alkyl halides is 3. The van der Waals surface area contributed by atoms with Gasteiger partial charge in [0.05, 0.1) is 11.6 Å². The zero-order chi connectivity index (χ0) is 20.7. The number of benzene rings is 2. The Kier molecular flexibility index (Phi) is 5.42. The average Bonchev–Trinajstić information content (AvgIpc) is 3.11. The van der Waals surface area contributed by atoms with Crippen molar-refractivity contribution < 1.29 is 26.0 Å². The molecule has 0 saturated carbocycles. The molecule has 9 heteroatoms. The third-order valence-corrected chi connectivity index (χ3v) is 6.74. The summed E-state index contributed by atoms with van der Waals surface area (Å²) in [6, 6.07) is 8.16. The van der Waals surface area contributed by atoms with Crippen molar-refractivity contribution in [2.45, 2.75) is 30.0 Å². The Labute approximate surface area is 161 Å². The topological polar surface area (TPSA) is 40.6 Å². The second-order valence-electron chi connectivity index (χ2n) is 6.91. The fraction of sp³-hybridized carbons (Fsp3) is 0.368. The van der Waals surface area contributed by atoms with Crippen LogP contribution in [0.2, 0.25) is 0 Å². The molecule has 2 aromatic rings. The van der Waals surface area contributed by atoms with Gasteiger partial charge in [-0.05, 0) is 48.7 Å². The molecule has 0 spiro atoms. The van der Waals surface area contributed by atoms with Crippen molar-refractivity contribution in [3.05, 3.63) is 59.4 Å². The van der Waals surface area contributed by atoms with Crippen molar-refractivity contribution in [2.24, 2.45) is 0 Å². The smallest absolute Gasteiger partial charge is 0.378 e. The summed E-state index contributed by atoms with van der Waals surface area (Å²) >= 11 is 0. The molecule has 1 atom stereocenters. The molecular weight excluding hydrogens is 396 g/mol. The van der Waals surface area contributed by atoms with Crippen molar-refractivity contribution >= 4 is 15.7 Å². The molecule has 4 nitrogen and oxygen atoms in total. The molecule has 0 aromatic heterocycles. The van der Waals surface area contributed by atoms with E-state index >= 15 is 0 Å². The molecule has 0 aliphatic carbocycles. The largest absolute Gasteiger partial charge is 0.416 e. The second kappa shape index (κ2) is 7.36. The number of hydrogen-bond donors (Lipinski definition) is 0. The lowest BCUT2D eigenvalue weighted by atomic mass is 10.0. The molecule has 1 fully saturated rings. The Balaban J connectivity index is 2.03. The highest BCUT2D eigenvalue weighted by Crippen LogP contribution is 2.39. The minimum atomic E-state index is -4.76. The quantitative estimate of drug-likeness (QED) is 0.692. The van der Waals surface area contributed by atoms with Gasteiger partial charge in [0.2, 0.25) is 10.0 Å². The zero-order valence-electron chi connectivity index (χ0n) is 15.4. The van der Waals surface area contributed by atoms with Gasteiger partial charge >= 0.3 is 6.18 Å². The first-order chi connectivity index (χ1) is 13.0. The molecule has 0 amide bonds. The van der Waals surface area contributed by atoms with Gasteiger partial charge in [-0.2, -0.15) is 17.5 Å². The van der Waals surface area contributed by atoms with Gasteiger partial charge in [0.15, 0.2) is 0 Å². The Morgan fingerprint density at radius 3 is 2.46 bits per heavy atom. The van der Waals surface area contributed by atoms with Crippen molar-refractivity contribution in [1.82, 2.24) is 4.31 Å². The van der Waals surface area contributed by atoms with Crippen LogP contribution in [0.5, 0.6) is 0 Å². The number of nitrogens with zero attached hydrogens (tertiary/aromatic N) is 2. The van der Waals surface area contributed by atoms with E-state index in [1.165, 1.54) is 0 Å². The Morgan fingerprint density at radius 2 is 1.82 bits per heavy atom. The van der Waals surface area contributed by atoms with Crippen LogP contribution < -0.4 is 4.90 Å². The molecule has 1 aliphatic heterocycles. The van der Waals surface area contributed by atoms with Crippen LogP contribution in [-0.2, 0) is 16.2 Å². The van der Waals surface area contributed by atoms with Crippen molar-refractivity contribution in [2.75, 3.05) is 25.5 Å². The molecule has 3 rings (SSSR count). The molecular formula is C19H20F4N2O2S. The van der Waals surface area contributed by atoms with E-state index in [0.717, 1.165) is 15.6 Å².